The predicted molar refractivity (Wildman–Crippen MR) is 80.3 cm³/mol. The fourth-order valence-electron chi connectivity index (χ4n) is 1.49. The number of nitrogens with one attached hydrogen (secondary N) is 2. The predicted octanol–water partition coefficient (Wildman–Crippen LogP) is 0.740. The first-order valence-electron chi connectivity index (χ1n) is 6.41. The summed E-state index contributed by atoms with van der Waals surface area (Å²) in [5.41, 5.74) is 0. The van der Waals surface area contributed by atoms with Crippen LogP contribution in [0.1, 0.15) is 11.8 Å². The number of sulfonamides is 1. The molecule has 0 radical (unpaired) electrons. The van der Waals surface area contributed by atoms with Gasteiger partial charge in [-0.05, 0) is 45.7 Å². The van der Waals surface area contributed by atoms with Gasteiger partial charge in [0.1, 0.15) is 4.21 Å². The maximum absolute atomic E-state index is 12.1. The summed E-state index contributed by atoms with van der Waals surface area (Å²) in [6.45, 7) is 4.97. The van der Waals surface area contributed by atoms with Crippen molar-refractivity contribution in [2.45, 2.75) is 17.6 Å². The molecule has 0 aliphatic rings. The Bertz CT molecular complexity index is 471. The molecule has 0 fully saturated rings. The minimum absolute atomic E-state index is 0.401. The van der Waals surface area contributed by atoms with Crippen molar-refractivity contribution in [3.8, 4) is 0 Å². The van der Waals surface area contributed by atoms with Crippen molar-refractivity contribution in [2.75, 3.05) is 40.3 Å². The van der Waals surface area contributed by atoms with Crippen molar-refractivity contribution in [3.05, 3.63) is 17.0 Å². The molecule has 0 aliphatic heterocycles. The lowest BCUT2D eigenvalue weighted by Crippen LogP contribution is -2.32. The number of thiophene rings is 1. The lowest BCUT2D eigenvalue weighted by molar-refractivity contribution is 0.358. The fraction of sp³-hybridized carbons (Fsp3) is 0.667. The van der Waals surface area contributed by atoms with E-state index in [2.05, 4.69) is 14.9 Å². The summed E-state index contributed by atoms with van der Waals surface area (Å²) in [7, 11) is 0.507. The molecule has 7 heteroatoms. The normalized spacial score (nSPS) is 12.2. The summed E-state index contributed by atoms with van der Waals surface area (Å²) in [5.74, 6) is 0. The van der Waals surface area contributed by atoms with Gasteiger partial charge in [-0.15, -0.1) is 11.3 Å². The Morgan fingerprint density at radius 1 is 1.32 bits per heavy atom. The third-order valence-corrected chi connectivity index (χ3v) is 5.95. The molecular formula is C12H23N3O2S2. The Hall–Kier alpha value is -0.470. The van der Waals surface area contributed by atoms with E-state index in [0.717, 1.165) is 24.4 Å². The molecular weight excluding hydrogens is 282 g/mol. The van der Waals surface area contributed by atoms with Crippen molar-refractivity contribution in [3.63, 3.8) is 0 Å². The fourth-order valence-corrected chi connectivity index (χ4v) is 3.91. The highest BCUT2D eigenvalue weighted by Gasteiger charge is 2.16. The second-order valence-corrected chi connectivity index (χ2v) is 7.53. The van der Waals surface area contributed by atoms with Gasteiger partial charge < -0.3 is 10.2 Å². The van der Waals surface area contributed by atoms with Crippen LogP contribution in [-0.2, 0) is 16.4 Å². The summed E-state index contributed by atoms with van der Waals surface area (Å²) < 4.78 is 27.1. The van der Waals surface area contributed by atoms with Gasteiger partial charge in [0.25, 0.3) is 0 Å². The highest BCUT2D eigenvalue weighted by atomic mass is 32.2. The Morgan fingerprint density at radius 3 is 2.68 bits per heavy atom. The summed E-state index contributed by atoms with van der Waals surface area (Å²) in [4.78, 5) is 3.15. The molecule has 0 atom stereocenters. The van der Waals surface area contributed by atoms with Crippen molar-refractivity contribution in [1.29, 1.82) is 0 Å². The smallest absolute Gasteiger partial charge is 0.250 e. The van der Waals surface area contributed by atoms with Crippen LogP contribution in [0.5, 0.6) is 0 Å². The van der Waals surface area contributed by atoms with Gasteiger partial charge in [-0.2, -0.15) is 0 Å². The second-order valence-electron chi connectivity index (χ2n) is 4.37. The lowest BCUT2D eigenvalue weighted by atomic mass is 10.3. The van der Waals surface area contributed by atoms with Crippen molar-refractivity contribution >= 4 is 21.4 Å². The first kappa shape index (κ1) is 16.6. The second kappa shape index (κ2) is 7.96. The monoisotopic (exact) mass is 305 g/mol. The molecule has 0 aromatic carbocycles. The van der Waals surface area contributed by atoms with Crippen LogP contribution in [0, 0.1) is 0 Å². The summed E-state index contributed by atoms with van der Waals surface area (Å²) in [5, 5.41) is 3.05. The molecule has 19 heavy (non-hydrogen) atoms. The van der Waals surface area contributed by atoms with E-state index < -0.39 is 10.0 Å². The van der Waals surface area contributed by atoms with Crippen LogP contribution >= 0.6 is 11.3 Å². The molecule has 0 saturated carbocycles. The van der Waals surface area contributed by atoms with Gasteiger partial charge in [0, 0.05) is 18.0 Å². The lowest BCUT2D eigenvalue weighted by Gasteiger charge is -2.13. The number of rotatable bonds is 9. The first-order chi connectivity index (χ1) is 8.99. The Kier molecular flexibility index (Phi) is 6.95. The molecule has 1 heterocycles. The molecule has 0 spiro atoms. The minimum atomic E-state index is -3.35. The van der Waals surface area contributed by atoms with Gasteiger partial charge in [0.15, 0.2) is 0 Å². The largest absolute Gasteiger partial charge is 0.319 e. The molecule has 2 N–H and O–H groups in total. The van der Waals surface area contributed by atoms with Crippen molar-refractivity contribution in [2.24, 2.45) is 0 Å². The zero-order valence-electron chi connectivity index (χ0n) is 11.8. The number of likely N-dealkylation sites (N-methyl/N-ethyl adjacent to an activating group) is 2. The van der Waals surface area contributed by atoms with Crippen LogP contribution < -0.4 is 10.0 Å². The van der Waals surface area contributed by atoms with E-state index in [-0.39, 0.29) is 0 Å². The van der Waals surface area contributed by atoms with Crippen LogP contribution in [-0.4, -0.2) is 53.6 Å². The van der Waals surface area contributed by atoms with E-state index in [9.17, 15) is 8.42 Å². The molecule has 1 aromatic rings. The zero-order chi connectivity index (χ0) is 14.3. The highest BCUT2D eigenvalue weighted by Crippen LogP contribution is 2.21. The van der Waals surface area contributed by atoms with Crippen LogP contribution in [0.4, 0.5) is 0 Å². The van der Waals surface area contributed by atoms with Gasteiger partial charge in [0.05, 0.1) is 0 Å². The third kappa shape index (κ3) is 5.58. The Balaban J connectivity index is 2.54. The molecule has 0 amide bonds. The Morgan fingerprint density at radius 2 is 2.05 bits per heavy atom. The summed E-state index contributed by atoms with van der Waals surface area (Å²) in [6, 6.07) is 3.57. The van der Waals surface area contributed by atoms with Gasteiger partial charge in [-0.1, -0.05) is 6.92 Å². The third-order valence-electron chi connectivity index (χ3n) is 2.85. The maximum Gasteiger partial charge on any atom is 0.250 e. The summed E-state index contributed by atoms with van der Waals surface area (Å²) in [6.07, 6.45) is 0.856. The molecule has 0 bridgehead atoms. The SMILES string of the molecule is CCN(C)CCNS(=O)(=O)c1ccc(CCNC)s1. The molecule has 0 unspecified atom stereocenters. The molecule has 110 valence electrons. The van der Waals surface area contributed by atoms with E-state index in [1.807, 2.05) is 27.1 Å². The average molecular weight is 305 g/mol. The quantitative estimate of drug-likeness (QED) is 0.706. The molecule has 0 saturated heterocycles. The number of hydrogen-bond donors (Lipinski definition) is 2. The molecule has 5 nitrogen and oxygen atoms in total. The molecule has 1 aromatic heterocycles. The molecule has 1 rings (SSSR count). The van der Waals surface area contributed by atoms with Gasteiger partial charge in [-0.3, -0.25) is 0 Å². The number of hydrogen-bond acceptors (Lipinski definition) is 5. The van der Waals surface area contributed by atoms with E-state index in [1.54, 1.807) is 6.07 Å². The topological polar surface area (TPSA) is 61.4 Å². The van der Waals surface area contributed by atoms with E-state index in [0.29, 0.717) is 17.3 Å². The average Bonchev–Trinajstić information content (AvgIpc) is 2.85. The van der Waals surface area contributed by atoms with Crippen LogP contribution in [0.2, 0.25) is 0 Å². The highest BCUT2D eigenvalue weighted by molar-refractivity contribution is 7.91. The van der Waals surface area contributed by atoms with Crippen LogP contribution in [0.3, 0.4) is 0 Å². The van der Waals surface area contributed by atoms with E-state index in [1.165, 1.54) is 11.3 Å². The summed E-state index contributed by atoms with van der Waals surface area (Å²) >= 11 is 1.34. The van der Waals surface area contributed by atoms with E-state index >= 15 is 0 Å². The van der Waals surface area contributed by atoms with Crippen LogP contribution in [0.15, 0.2) is 16.3 Å². The standard InChI is InChI=1S/C12H23N3O2S2/c1-4-15(3)10-9-14-19(16,17)12-6-5-11(18-12)7-8-13-2/h5-6,13-14H,4,7-10H2,1-3H3. The van der Waals surface area contributed by atoms with Crippen LogP contribution in [0.25, 0.3) is 0 Å². The van der Waals surface area contributed by atoms with Crippen molar-refractivity contribution in [1.82, 2.24) is 14.9 Å². The first-order valence-corrected chi connectivity index (χ1v) is 8.71. The van der Waals surface area contributed by atoms with Crippen molar-refractivity contribution < 1.29 is 8.42 Å². The Labute approximate surface area is 120 Å². The van der Waals surface area contributed by atoms with E-state index in [4.69, 9.17) is 0 Å². The zero-order valence-corrected chi connectivity index (χ0v) is 13.4. The maximum atomic E-state index is 12.1. The van der Waals surface area contributed by atoms with Gasteiger partial charge in [-0.25, -0.2) is 13.1 Å². The van der Waals surface area contributed by atoms with Gasteiger partial charge >= 0.3 is 0 Å². The minimum Gasteiger partial charge on any atom is -0.319 e. The number of nitrogens with zero attached hydrogens (tertiary/aromatic N) is 1. The molecule has 0 aliphatic carbocycles. The van der Waals surface area contributed by atoms with Gasteiger partial charge in [0.2, 0.25) is 10.0 Å².